The quantitative estimate of drug-likeness (QED) is 0.531. The van der Waals surface area contributed by atoms with Crippen molar-refractivity contribution in [2.75, 3.05) is 6.61 Å². The first-order valence-corrected chi connectivity index (χ1v) is 7.04. The van der Waals surface area contributed by atoms with Crippen LogP contribution >= 0.6 is 0 Å². The molecule has 0 aromatic heterocycles. The molecule has 0 aliphatic rings. The van der Waals surface area contributed by atoms with Crippen LogP contribution in [0.4, 0.5) is 0 Å². The maximum atomic E-state index is 10.9. The Balaban J connectivity index is 2.66. The third kappa shape index (κ3) is 4.93. The van der Waals surface area contributed by atoms with Gasteiger partial charge in [0.1, 0.15) is 0 Å². The molecule has 2 nitrogen and oxygen atoms in total. The van der Waals surface area contributed by atoms with Crippen LogP contribution in [0.25, 0.3) is 0 Å². The van der Waals surface area contributed by atoms with Crippen LogP contribution in [0.15, 0.2) is 42.5 Å². The zero-order valence-electron chi connectivity index (χ0n) is 10.6. The minimum absolute atomic E-state index is 0.392. The second-order valence-corrected chi connectivity index (χ2v) is 6.36. The summed E-state index contributed by atoms with van der Waals surface area (Å²) in [7, 11) is 0. The van der Waals surface area contributed by atoms with Crippen LogP contribution in [-0.2, 0) is 19.4 Å². The summed E-state index contributed by atoms with van der Waals surface area (Å²) < 4.78 is 6.88. The van der Waals surface area contributed by atoms with E-state index in [0.29, 0.717) is 17.9 Å². The molecule has 18 heavy (non-hydrogen) atoms. The molecule has 0 spiro atoms. The summed E-state index contributed by atoms with van der Waals surface area (Å²) in [5.41, 5.74) is 2.50. The van der Waals surface area contributed by atoms with Gasteiger partial charge < -0.3 is 0 Å². The molecule has 0 saturated heterocycles. The van der Waals surface area contributed by atoms with Gasteiger partial charge in [0.2, 0.25) is 0 Å². The Bertz CT molecular complexity index is 501. The van der Waals surface area contributed by atoms with Gasteiger partial charge in [0.15, 0.2) is 0 Å². The first kappa shape index (κ1) is 14.8. The van der Waals surface area contributed by atoms with Crippen molar-refractivity contribution in [1.82, 2.24) is 0 Å². The molecule has 94 valence electrons. The Morgan fingerprint density at radius 3 is 2.78 bits per heavy atom. The molecule has 0 atom stereocenters. The van der Waals surface area contributed by atoms with Gasteiger partial charge in [-0.05, 0) is 0 Å². The molecule has 0 heterocycles. The zero-order chi connectivity index (χ0) is 13.5. The Morgan fingerprint density at radius 1 is 1.44 bits per heavy atom. The minimum atomic E-state index is 0.392. The summed E-state index contributed by atoms with van der Waals surface area (Å²) in [5.74, 6) is 0.605. The van der Waals surface area contributed by atoms with Gasteiger partial charge in [-0.3, -0.25) is 0 Å². The van der Waals surface area contributed by atoms with E-state index in [-0.39, 0.29) is 0 Å². The molecular weight excluding hydrogens is 396 g/mol. The van der Waals surface area contributed by atoms with Gasteiger partial charge >= 0.3 is 119 Å². The van der Waals surface area contributed by atoms with E-state index < -0.39 is 0 Å². The number of hydrogen-bond acceptors (Lipinski definition) is 2. The normalized spacial score (nSPS) is 10.3. The molecule has 0 fully saturated rings. The van der Waals surface area contributed by atoms with E-state index in [9.17, 15) is 4.79 Å². The summed E-state index contributed by atoms with van der Waals surface area (Å²) in [5, 5.41) is 0. The number of benzene rings is 1. The first-order valence-electron chi connectivity index (χ1n) is 5.58. The number of aldehydes is 1. The fourth-order valence-electron chi connectivity index (χ4n) is 1.35. The summed E-state index contributed by atoms with van der Waals surface area (Å²) in [4.78, 5) is 10.9. The molecule has 0 aliphatic heterocycles. The average molecular weight is 412 g/mol. The summed E-state index contributed by atoms with van der Waals surface area (Å²) in [6.45, 7) is 8.31. The molecule has 0 unspecified atom stereocenters. The van der Waals surface area contributed by atoms with Crippen LogP contribution in [0.1, 0.15) is 22.8 Å². The maximum absolute atomic E-state index is 10.9. The molecule has 0 bridgehead atoms. The van der Waals surface area contributed by atoms with E-state index >= 15 is 0 Å². The third-order valence-electron chi connectivity index (χ3n) is 2.26. The van der Waals surface area contributed by atoms with E-state index in [1.807, 2.05) is 37.3 Å². The van der Waals surface area contributed by atoms with Crippen LogP contribution in [0.2, 0.25) is 0 Å². The van der Waals surface area contributed by atoms with E-state index in [2.05, 4.69) is 13.5 Å². The van der Waals surface area contributed by atoms with Crippen molar-refractivity contribution in [2.45, 2.75) is 13.8 Å². The number of carbonyl (C=O) groups is 1. The van der Waals surface area contributed by atoms with Gasteiger partial charge in [0.05, 0.1) is 0 Å². The van der Waals surface area contributed by atoms with Gasteiger partial charge in [-0.1, -0.05) is 0 Å². The van der Waals surface area contributed by atoms with Gasteiger partial charge in [-0.15, -0.1) is 0 Å². The number of ether oxygens (including phenoxy) is 1. The van der Waals surface area contributed by atoms with Gasteiger partial charge in [0.25, 0.3) is 0 Å². The van der Waals surface area contributed by atoms with Crippen LogP contribution in [0, 0.1) is 6.92 Å². The molecule has 0 N–H and O–H groups in total. The number of allylic oxidation sites excluding steroid dienone is 1. The van der Waals surface area contributed by atoms with E-state index in [0.717, 1.165) is 17.4 Å². The monoisotopic (exact) mass is 412 g/mol. The van der Waals surface area contributed by atoms with Crippen molar-refractivity contribution < 1.29 is 28.9 Å². The molecule has 1 aromatic rings. The first-order chi connectivity index (χ1) is 8.52. The van der Waals surface area contributed by atoms with Crippen LogP contribution in [-0.4, -0.2) is 16.8 Å². The predicted molar refractivity (Wildman–Crippen MR) is 71.0 cm³/mol. The van der Waals surface area contributed by atoms with Crippen LogP contribution < -0.4 is 4.74 Å². The van der Waals surface area contributed by atoms with Gasteiger partial charge in [-0.25, -0.2) is 0 Å². The summed E-state index contributed by atoms with van der Waals surface area (Å²) in [6, 6.07) is 5.56. The van der Waals surface area contributed by atoms with Crippen LogP contribution in [0.3, 0.4) is 0 Å². The molecule has 0 aliphatic carbocycles. The molecule has 0 radical (unpaired) electrons. The summed E-state index contributed by atoms with van der Waals surface area (Å²) in [6.07, 6.45) is 4.78. The van der Waals surface area contributed by atoms with E-state index in [1.54, 1.807) is 0 Å². The fraction of sp³-hybridized carbons (Fsp3) is 0.200. The van der Waals surface area contributed by atoms with Crippen molar-refractivity contribution in [3.05, 3.63) is 53.6 Å². The van der Waals surface area contributed by atoms with E-state index in [4.69, 9.17) is 4.74 Å². The third-order valence-corrected chi connectivity index (χ3v) is 2.75. The zero-order valence-corrected chi connectivity index (χ0v) is 13.5. The average Bonchev–Trinajstić information content (AvgIpc) is 2.34. The second kappa shape index (κ2) is 7.23. The standard InChI is InChI=1S/C15H16O2.W/c1-4-5-6-13(3)11-17-15-8-7-12(2)9-14(15)10-16;/h5-10H,3,11H2,1-2H3;/b6-5-;. The number of rotatable bonds is 6. The second-order valence-electron chi connectivity index (χ2n) is 4.05. The predicted octanol–water partition coefficient (Wildman–Crippen LogP) is 3.04. The molecule has 0 amide bonds. The van der Waals surface area contributed by atoms with Crippen molar-refractivity contribution in [3.63, 3.8) is 0 Å². The molecule has 3 heteroatoms. The van der Waals surface area contributed by atoms with Crippen molar-refractivity contribution in [1.29, 1.82) is 0 Å². The Morgan fingerprint density at radius 2 is 2.17 bits per heavy atom. The number of hydrogen-bond donors (Lipinski definition) is 0. The van der Waals surface area contributed by atoms with Crippen molar-refractivity contribution in [2.24, 2.45) is 0 Å². The van der Waals surface area contributed by atoms with Crippen molar-refractivity contribution >= 4 is 10.2 Å². The van der Waals surface area contributed by atoms with E-state index in [1.165, 1.54) is 23.3 Å². The molecular formula is C15H16O2W. The van der Waals surface area contributed by atoms with Crippen LogP contribution in [0.5, 0.6) is 5.75 Å². The van der Waals surface area contributed by atoms with Crippen molar-refractivity contribution in [3.8, 4) is 5.75 Å². The Kier molecular flexibility index (Phi) is 5.94. The number of aryl methyl sites for hydroxylation is 1. The summed E-state index contributed by atoms with van der Waals surface area (Å²) >= 11 is 1.44. The van der Waals surface area contributed by atoms with Gasteiger partial charge in [-0.2, -0.15) is 0 Å². The topological polar surface area (TPSA) is 26.3 Å². The molecule has 0 saturated carbocycles. The molecule has 1 rings (SSSR count). The Labute approximate surface area is 119 Å². The fourth-order valence-corrected chi connectivity index (χ4v) is 1.59. The Hall–Kier alpha value is -1.27. The van der Waals surface area contributed by atoms with Gasteiger partial charge in [0, 0.05) is 0 Å². The number of carbonyl (C=O) groups excluding carboxylic acids is 1. The molecule has 1 aromatic carbocycles. The SMILES string of the molecule is C=C(/C=C\[C](C)=[W])COc1ccc(C)cc1C=O.